The van der Waals surface area contributed by atoms with Crippen LogP contribution in [0.25, 0.3) is 0 Å². The quantitative estimate of drug-likeness (QED) is 0.138. The summed E-state index contributed by atoms with van der Waals surface area (Å²) in [6.07, 6.45) is 2.01. The molecule has 43 heavy (non-hydrogen) atoms. The smallest absolute Gasteiger partial charge is 0.127 e. The number of hydrogen-bond donors (Lipinski definition) is 0. The molecule has 4 aromatic rings. The SMILES string of the molecule is Clc1ccc(Oc2cccc(CC(OC(Cc3cccc(Oc4ccc(Cl)cc4)c3)C3CC3(Cl)Cl)C3CC3(Cl)Cl)c2)cc1. The molecule has 4 atom stereocenters. The van der Waals surface area contributed by atoms with Crippen LogP contribution in [0.3, 0.4) is 0 Å². The fourth-order valence-corrected chi connectivity index (χ4v) is 6.76. The minimum absolute atomic E-state index is 0.0300. The molecule has 0 radical (unpaired) electrons. The highest BCUT2D eigenvalue weighted by Gasteiger charge is 2.60. The molecule has 4 unspecified atom stereocenters. The van der Waals surface area contributed by atoms with Gasteiger partial charge in [-0.15, -0.1) is 46.4 Å². The summed E-state index contributed by atoms with van der Waals surface area (Å²) in [4.78, 5) is 0. The highest BCUT2D eigenvalue weighted by Crippen LogP contribution is 2.59. The van der Waals surface area contributed by atoms with Crippen molar-refractivity contribution in [3.8, 4) is 23.0 Å². The predicted molar refractivity (Wildman–Crippen MR) is 177 cm³/mol. The third-order valence-electron chi connectivity index (χ3n) is 7.77. The van der Waals surface area contributed by atoms with Crippen molar-refractivity contribution in [3.05, 3.63) is 118 Å². The van der Waals surface area contributed by atoms with Gasteiger partial charge in [-0.25, -0.2) is 0 Å². The van der Waals surface area contributed by atoms with Gasteiger partial charge in [-0.3, -0.25) is 0 Å². The van der Waals surface area contributed by atoms with Gasteiger partial charge in [-0.05, 0) is 110 Å². The zero-order valence-electron chi connectivity index (χ0n) is 22.9. The second-order valence-corrected chi connectivity index (χ2v) is 15.1. The molecule has 4 aromatic carbocycles. The van der Waals surface area contributed by atoms with Crippen molar-refractivity contribution in [2.24, 2.45) is 11.8 Å². The summed E-state index contributed by atoms with van der Waals surface area (Å²) in [5.41, 5.74) is 2.09. The minimum Gasteiger partial charge on any atom is -0.457 e. The van der Waals surface area contributed by atoms with E-state index < -0.39 is 8.67 Å². The lowest BCUT2D eigenvalue weighted by Crippen LogP contribution is -2.31. The Balaban J connectivity index is 1.19. The molecule has 0 spiro atoms. The largest absolute Gasteiger partial charge is 0.457 e. The van der Waals surface area contributed by atoms with Gasteiger partial charge >= 0.3 is 0 Å². The highest BCUT2D eigenvalue weighted by atomic mass is 35.5. The van der Waals surface area contributed by atoms with E-state index in [0.29, 0.717) is 58.7 Å². The minimum atomic E-state index is -0.832. The fraction of sp³-hybridized carbons (Fsp3) is 0.294. The van der Waals surface area contributed by atoms with Crippen LogP contribution in [0.1, 0.15) is 24.0 Å². The molecule has 2 saturated carbocycles. The number of hydrogen-bond acceptors (Lipinski definition) is 3. The van der Waals surface area contributed by atoms with E-state index in [9.17, 15) is 0 Å². The standard InChI is InChI=1S/C34H28Cl6O3/c35-23-7-11-25(12-8-23)41-27-5-1-3-21(15-27)17-31(29-19-33(29,37)38)43-32(30-20-34(30,39)40)18-22-4-2-6-28(16-22)42-26-13-9-24(36)10-14-26/h1-16,29-32H,17-20H2. The topological polar surface area (TPSA) is 27.7 Å². The maximum Gasteiger partial charge on any atom is 0.127 e. The van der Waals surface area contributed by atoms with Gasteiger partial charge in [0.1, 0.15) is 31.7 Å². The van der Waals surface area contributed by atoms with Crippen molar-refractivity contribution in [3.63, 3.8) is 0 Å². The van der Waals surface area contributed by atoms with Crippen LogP contribution < -0.4 is 9.47 Å². The van der Waals surface area contributed by atoms with E-state index in [1.807, 2.05) is 60.7 Å². The molecule has 6 rings (SSSR count). The van der Waals surface area contributed by atoms with Crippen molar-refractivity contribution in [2.45, 2.75) is 46.6 Å². The third kappa shape index (κ3) is 8.27. The molecule has 224 valence electrons. The van der Waals surface area contributed by atoms with Crippen LogP contribution in [-0.2, 0) is 17.6 Å². The third-order valence-corrected chi connectivity index (χ3v) is 10.0. The van der Waals surface area contributed by atoms with Gasteiger partial charge in [-0.2, -0.15) is 0 Å². The van der Waals surface area contributed by atoms with Crippen LogP contribution in [0.4, 0.5) is 0 Å². The molecule has 0 amide bonds. The summed E-state index contributed by atoms with van der Waals surface area (Å²) in [7, 11) is 0. The maximum atomic E-state index is 6.87. The molecule has 0 aromatic heterocycles. The number of ether oxygens (including phenoxy) is 3. The van der Waals surface area contributed by atoms with E-state index in [4.69, 9.17) is 83.8 Å². The van der Waals surface area contributed by atoms with Crippen molar-refractivity contribution in [1.29, 1.82) is 0 Å². The molecule has 0 saturated heterocycles. The Bertz CT molecular complexity index is 1440. The lowest BCUT2D eigenvalue weighted by atomic mass is 10.0. The molecule has 0 bridgehead atoms. The van der Waals surface area contributed by atoms with Crippen molar-refractivity contribution in [1.82, 2.24) is 0 Å². The molecule has 2 fully saturated rings. The fourth-order valence-electron chi connectivity index (χ4n) is 5.28. The van der Waals surface area contributed by atoms with Gasteiger partial charge < -0.3 is 14.2 Å². The zero-order valence-corrected chi connectivity index (χ0v) is 27.4. The number of alkyl halides is 4. The molecule has 0 aliphatic heterocycles. The Labute approximate surface area is 281 Å². The van der Waals surface area contributed by atoms with Crippen molar-refractivity contribution in [2.75, 3.05) is 0 Å². The summed E-state index contributed by atoms with van der Waals surface area (Å²) < 4.78 is 17.3. The molecular formula is C34H28Cl6O3. The summed E-state index contributed by atoms with van der Waals surface area (Å²) in [5.74, 6) is 2.78. The van der Waals surface area contributed by atoms with Crippen molar-refractivity contribution >= 4 is 69.6 Å². The van der Waals surface area contributed by atoms with Crippen LogP contribution >= 0.6 is 69.6 Å². The Morgan fingerprint density at radius 2 is 0.930 bits per heavy atom. The Morgan fingerprint density at radius 3 is 1.28 bits per heavy atom. The molecule has 2 aliphatic carbocycles. The first kappa shape index (κ1) is 31.2. The molecular weight excluding hydrogens is 669 g/mol. The first-order valence-electron chi connectivity index (χ1n) is 14.0. The summed E-state index contributed by atoms with van der Waals surface area (Å²) in [6, 6.07) is 30.4. The second-order valence-electron chi connectivity index (χ2n) is 11.2. The van der Waals surface area contributed by atoms with E-state index in [0.717, 1.165) is 11.1 Å². The normalized spacial score (nSPS) is 21.1. The monoisotopic (exact) mass is 694 g/mol. The first-order valence-corrected chi connectivity index (χ1v) is 16.3. The van der Waals surface area contributed by atoms with E-state index in [2.05, 4.69) is 12.1 Å². The summed E-state index contributed by atoms with van der Waals surface area (Å²) in [5, 5.41) is 1.31. The Kier molecular flexibility index (Phi) is 9.34. The lowest BCUT2D eigenvalue weighted by Gasteiger charge is -2.27. The van der Waals surface area contributed by atoms with Crippen LogP contribution in [0, 0.1) is 11.8 Å². The predicted octanol–water partition coefficient (Wildman–Crippen LogP) is 11.5. The number of benzene rings is 4. The van der Waals surface area contributed by atoms with Crippen molar-refractivity contribution < 1.29 is 14.2 Å². The number of halogens is 6. The van der Waals surface area contributed by atoms with E-state index in [1.54, 1.807) is 24.3 Å². The van der Waals surface area contributed by atoms with Crippen LogP contribution in [0.5, 0.6) is 23.0 Å². The van der Waals surface area contributed by atoms with Gasteiger partial charge in [-0.1, -0.05) is 47.5 Å². The number of rotatable bonds is 12. The molecule has 9 heteroatoms. The Morgan fingerprint density at radius 1 is 0.558 bits per heavy atom. The average Bonchev–Trinajstić information content (AvgIpc) is 3.82. The van der Waals surface area contributed by atoms with Gasteiger partial charge in [0.2, 0.25) is 0 Å². The van der Waals surface area contributed by atoms with Crippen LogP contribution in [0.2, 0.25) is 10.0 Å². The molecule has 0 heterocycles. The van der Waals surface area contributed by atoms with Crippen LogP contribution in [-0.4, -0.2) is 20.9 Å². The van der Waals surface area contributed by atoms with E-state index >= 15 is 0 Å². The van der Waals surface area contributed by atoms with Gasteiger partial charge in [0.05, 0.1) is 12.2 Å². The van der Waals surface area contributed by atoms with Gasteiger partial charge in [0, 0.05) is 21.9 Å². The molecule has 2 aliphatic rings. The highest BCUT2D eigenvalue weighted by molar-refractivity contribution is 6.51. The first-order chi connectivity index (χ1) is 20.5. The maximum absolute atomic E-state index is 6.87. The van der Waals surface area contributed by atoms with Gasteiger partial charge in [0.25, 0.3) is 0 Å². The van der Waals surface area contributed by atoms with Crippen LogP contribution in [0.15, 0.2) is 97.1 Å². The molecule has 0 N–H and O–H groups in total. The summed E-state index contributed by atoms with van der Waals surface area (Å²) >= 11 is 38.4. The molecule has 3 nitrogen and oxygen atoms in total. The van der Waals surface area contributed by atoms with E-state index in [-0.39, 0.29) is 24.0 Å². The lowest BCUT2D eigenvalue weighted by molar-refractivity contribution is -0.0345. The zero-order chi connectivity index (χ0) is 30.2. The second kappa shape index (κ2) is 12.9. The average molecular weight is 697 g/mol. The van der Waals surface area contributed by atoms with Gasteiger partial charge in [0.15, 0.2) is 0 Å². The summed E-state index contributed by atoms with van der Waals surface area (Å²) in [6.45, 7) is 0. The van der Waals surface area contributed by atoms with E-state index in [1.165, 1.54) is 0 Å². The Hall–Kier alpha value is -1.82.